The van der Waals surface area contributed by atoms with E-state index in [0.29, 0.717) is 10.8 Å². The Morgan fingerprint density at radius 3 is 2.47 bits per heavy atom. The molecule has 1 N–H and O–H groups in total. The van der Waals surface area contributed by atoms with Gasteiger partial charge >= 0.3 is 6.18 Å². The molecule has 0 unspecified atom stereocenters. The number of rotatable bonds is 7. The highest BCUT2D eigenvalue weighted by atomic mass is 35.5. The molecule has 13 heteroatoms. The summed E-state index contributed by atoms with van der Waals surface area (Å²) in [6.45, 7) is 2.93. The van der Waals surface area contributed by atoms with E-state index in [0.717, 1.165) is 16.3 Å². The third-order valence-electron chi connectivity index (χ3n) is 4.70. The molecule has 0 saturated heterocycles. The van der Waals surface area contributed by atoms with Gasteiger partial charge in [0.05, 0.1) is 33.9 Å². The number of nitro benzene ring substituents is 1. The van der Waals surface area contributed by atoms with Crippen molar-refractivity contribution in [3.8, 4) is 11.5 Å². The van der Waals surface area contributed by atoms with Crippen LogP contribution in [0.3, 0.4) is 0 Å². The van der Waals surface area contributed by atoms with Gasteiger partial charge in [-0.15, -0.1) is 0 Å². The van der Waals surface area contributed by atoms with E-state index in [9.17, 15) is 28.1 Å². The summed E-state index contributed by atoms with van der Waals surface area (Å²) in [6, 6.07) is 8.54. The van der Waals surface area contributed by atoms with Crippen molar-refractivity contribution in [1.29, 1.82) is 0 Å². The van der Waals surface area contributed by atoms with Gasteiger partial charge < -0.3 is 10.1 Å². The van der Waals surface area contributed by atoms with E-state index in [2.05, 4.69) is 10.4 Å². The molecule has 0 atom stereocenters. The number of non-ortho nitro benzene ring substituents is 1. The van der Waals surface area contributed by atoms with Crippen LogP contribution in [0.1, 0.15) is 23.4 Å². The number of halogens is 5. The number of nitro groups is 1. The zero-order valence-electron chi connectivity index (χ0n) is 17.7. The lowest BCUT2D eigenvalue weighted by atomic mass is 10.2. The number of alkyl halides is 3. The SMILES string of the molecule is Cc1cc(Oc2cc(NC(=O)CCn3nc(C(F)(F)F)c(Cl)c3C)cc([N+](=O)[O-])c2)ccc1Cl. The Hall–Kier alpha value is -3.31. The molecule has 34 heavy (non-hydrogen) atoms. The minimum absolute atomic E-state index is 0.0612. The molecular formula is C21H17Cl2F3N4O4. The first-order valence-electron chi connectivity index (χ1n) is 9.68. The van der Waals surface area contributed by atoms with Crippen LogP contribution in [0, 0.1) is 24.0 Å². The van der Waals surface area contributed by atoms with Crippen molar-refractivity contribution in [2.24, 2.45) is 0 Å². The third-order valence-corrected chi connectivity index (χ3v) is 5.58. The predicted molar refractivity (Wildman–Crippen MR) is 120 cm³/mol. The Kier molecular flexibility index (Phi) is 7.37. The minimum atomic E-state index is -4.72. The zero-order valence-corrected chi connectivity index (χ0v) is 19.3. The zero-order chi connectivity index (χ0) is 25.2. The van der Waals surface area contributed by atoms with Crippen molar-refractivity contribution >= 4 is 40.5 Å². The van der Waals surface area contributed by atoms with Crippen molar-refractivity contribution in [3.05, 3.63) is 73.5 Å². The van der Waals surface area contributed by atoms with Crippen LogP contribution in [0.5, 0.6) is 11.5 Å². The van der Waals surface area contributed by atoms with Crippen LogP contribution >= 0.6 is 23.2 Å². The van der Waals surface area contributed by atoms with E-state index < -0.39 is 27.7 Å². The van der Waals surface area contributed by atoms with Gasteiger partial charge in [-0.2, -0.15) is 18.3 Å². The number of hydrogen-bond donors (Lipinski definition) is 1. The van der Waals surface area contributed by atoms with E-state index >= 15 is 0 Å². The molecule has 1 amide bonds. The molecule has 0 spiro atoms. The number of nitrogens with one attached hydrogen (secondary N) is 1. The van der Waals surface area contributed by atoms with Gasteiger partial charge in [-0.3, -0.25) is 19.6 Å². The van der Waals surface area contributed by atoms with Gasteiger partial charge in [-0.05, 0) is 37.6 Å². The monoisotopic (exact) mass is 516 g/mol. The van der Waals surface area contributed by atoms with Crippen LogP contribution in [0.4, 0.5) is 24.5 Å². The van der Waals surface area contributed by atoms with Crippen LogP contribution in [0.2, 0.25) is 10.0 Å². The van der Waals surface area contributed by atoms with Crippen LogP contribution in [0.15, 0.2) is 36.4 Å². The second kappa shape index (κ2) is 9.90. The number of hydrogen-bond acceptors (Lipinski definition) is 5. The maximum absolute atomic E-state index is 13.0. The van der Waals surface area contributed by atoms with Crippen LogP contribution in [-0.4, -0.2) is 20.6 Å². The number of carbonyl (C=O) groups excluding carboxylic acids is 1. The largest absolute Gasteiger partial charge is 0.457 e. The second-order valence-electron chi connectivity index (χ2n) is 7.25. The van der Waals surface area contributed by atoms with Crippen molar-refractivity contribution in [1.82, 2.24) is 9.78 Å². The summed E-state index contributed by atoms with van der Waals surface area (Å²) in [5.74, 6) is -0.129. The molecule has 0 aliphatic rings. The Morgan fingerprint density at radius 2 is 1.88 bits per heavy atom. The number of carbonyl (C=O) groups is 1. The molecule has 1 aromatic heterocycles. The molecule has 1 heterocycles. The molecule has 3 rings (SSSR count). The maximum Gasteiger partial charge on any atom is 0.436 e. The molecule has 0 aliphatic carbocycles. The molecule has 0 fully saturated rings. The van der Waals surface area contributed by atoms with Crippen LogP contribution in [0.25, 0.3) is 0 Å². The second-order valence-corrected chi connectivity index (χ2v) is 8.04. The number of benzene rings is 2. The molecule has 0 radical (unpaired) electrons. The Morgan fingerprint density at radius 1 is 1.18 bits per heavy atom. The van der Waals surface area contributed by atoms with Crippen LogP contribution < -0.4 is 10.1 Å². The Bertz CT molecular complexity index is 1260. The number of aromatic nitrogens is 2. The molecule has 2 aromatic carbocycles. The number of aryl methyl sites for hydroxylation is 2. The van der Waals surface area contributed by atoms with Gasteiger partial charge in [0.2, 0.25) is 5.91 Å². The molecule has 0 aliphatic heterocycles. The lowest BCUT2D eigenvalue weighted by molar-refractivity contribution is -0.384. The standard InChI is InChI=1S/C21H17Cl2F3N4O4/c1-11-7-15(3-4-17(11)22)34-16-9-13(8-14(10-16)30(32)33)27-18(31)5-6-29-12(2)19(23)20(28-29)21(24,25)26/h3-4,7-10H,5-6H2,1-2H3,(H,27,31). The highest BCUT2D eigenvalue weighted by Crippen LogP contribution is 2.35. The summed E-state index contributed by atoms with van der Waals surface area (Å²) in [5.41, 5.74) is -0.689. The first kappa shape index (κ1) is 25.3. The smallest absolute Gasteiger partial charge is 0.436 e. The summed E-state index contributed by atoms with van der Waals surface area (Å²) < 4.78 is 45.5. The van der Waals surface area contributed by atoms with Crippen LogP contribution in [-0.2, 0) is 17.5 Å². The first-order chi connectivity index (χ1) is 15.8. The topological polar surface area (TPSA) is 99.3 Å². The van der Waals surface area contributed by atoms with Crippen molar-refractivity contribution in [3.63, 3.8) is 0 Å². The summed E-state index contributed by atoms with van der Waals surface area (Å²) >= 11 is 11.7. The van der Waals surface area contributed by atoms with E-state index in [1.807, 2.05) is 0 Å². The lowest BCUT2D eigenvalue weighted by Crippen LogP contribution is -2.16. The summed E-state index contributed by atoms with van der Waals surface area (Å²) in [4.78, 5) is 23.0. The molecular weight excluding hydrogens is 500 g/mol. The maximum atomic E-state index is 13.0. The number of nitrogens with zero attached hydrogens (tertiary/aromatic N) is 3. The molecule has 3 aromatic rings. The molecule has 8 nitrogen and oxygen atoms in total. The number of amides is 1. The first-order valence-corrected chi connectivity index (χ1v) is 10.4. The average molecular weight is 517 g/mol. The summed E-state index contributed by atoms with van der Waals surface area (Å²) in [7, 11) is 0. The van der Waals surface area contributed by atoms with Gasteiger partial charge in [0.15, 0.2) is 5.69 Å². The Labute approximate surface area is 201 Å². The van der Waals surface area contributed by atoms with E-state index in [4.69, 9.17) is 27.9 Å². The van der Waals surface area contributed by atoms with Gasteiger partial charge in [-0.25, -0.2) is 0 Å². The van der Waals surface area contributed by atoms with Gasteiger partial charge in [0.1, 0.15) is 11.5 Å². The highest BCUT2D eigenvalue weighted by molar-refractivity contribution is 6.32. The Balaban J connectivity index is 1.75. The summed E-state index contributed by atoms with van der Waals surface area (Å²) in [5, 5.41) is 17.2. The van der Waals surface area contributed by atoms with Gasteiger partial charge in [0, 0.05) is 23.6 Å². The molecule has 180 valence electrons. The quantitative estimate of drug-likeness (QED) is 0.283. The fraction of sp³-hybridized carbons (Fsp3) is 0.238. The average Bonchev–Trinajstić information content (AvgIpc) is 3.03. The predicted octanol–water partition coefficient (Wildman–Crippen LogP) is 6.55. The van der Waals surface area contributed by atoms with Gasteiger partial charge in [0.25, 0.3) is 5.69 Å². The number of ether oxygens (including phenoxy) is 1. The normalized spacial score (nSPS) is 11.4. The van der Waals surface area contributed by atoms with Crippen molar-refractivity contribution in [2.45, 2.75) is 33.0 Å². The van der Waals surface area contributed by atoms with Crippen molar-refractivity contribution < 1.29 is 27.6 Å². The molecule has 0 bridgehead atoms. The van der Waals surface area contributed by atoms with E-state index in [-0.39, 0.29) is 35.8 Å². The van der Waals surface area contributed by atoms with Gasteiger partial charge in [-0.1, -0.05) is 23.2 Å². The van der Waals surface area contributed by atoms with E-state index in [1.54, 1.807) is 25.1 Å². The fourth-order valence-electron chi connectivity index (χ4n) is 2.99. The molecule has 0 saturated carbocycles. The summed E-state index contributed by atoms with van der Waals surface area (Å²) in [6.07, 6.45) is -4.98. The fourth-order valence-corrected chi connectivity index (χ4v) is 3.35. The third kappa shape index (κ3) is 5.97. The van der Waals surface area contributed by atoms with E-state index in [1.165, 1.54) is 19.1 Å². The lowest BCUT2D eigenvalue weighted by Gasteiger charge is -2.11. The highest BCUT2D eigenvalue weighted by Gasteiger charge is 2.38. The number of anilines is 1. The van der Waals surface area contributed by atoms with Crippen molar-refractivity contribution in [2.75, 3.05) is 5.32 Å². The minimum Gasteiger partial charge on any atom is -0.457 e.